The van der Waals surface area contributed by atoms with E-state index >= 15 is 0 Å². The third-order valence-electron chi connectivity index (χ3n) is 2.75. The van der Waals surface area contributed by atoms with Crippen molar-refractivity contribution in [1.82, 2.24) is 9.62 Å². The molecule has 0 spiro atoms. The fourth-order valence-electron chi connectivity index (χ4n) is 1.74. The predicted octanol–water partition coefficient (Wildman–Crippen LogP) is 0.255. The summed E-state index contributed by atoms with van der Waals surface area (Å²) in [4.78, 5) is 0. The topological polar surface area (TPSA) is 67.9 Å². The first kappa shape index (κ1) is 17.8. The Balaban J connectivity index is 3.92. The van der Waals surface area contributed by atoms with Crippen LogP contribution in [0.1, 0.15) is 20.3 Å². The van der Waals surface area contributed by atoms with Crippen LogP contribution in [0.5, 0.6) is 0 Å². The summed E-state index contributed by atoms with van der Waals surface area (Å²) < 4.78 is 34.4. The molecule has 0 aromatic heterocycles. The van der Waals surface area contributed by atoms with Gasteiger partial charge in [0.15, 0.2) is 6.29 Å². The lowest BCUT2D eigenvalue weighted by Gasteiger charge is -2.23. The SMILES string of the molecule is CCN(CCCNC(C)C(OC)OC)S(C)(=O)=O. The van der Waals surface area contributed by atoms with Crippen molar-refractivity contribution in [3.63, 3.8) is 0 Å². The summed E-state index contributed by atoms with van der Waals surface area (Å²) in [6.07, 6.45) is 1.70. The Kier molecular flexibility index (Phi) is 8.71. The molecule has 1 atom stereocenters. The highest BCUT2D eigenvalue weighted by atomic mass is 32.2. The summed E-state index contributed by atoms with van der Waals surface area (Å²) in [6, 6.07) is 0.0633. The van der Waals surface area contributed by atoms with Gasteiger partial charge in [-0.1, -0.05) is 6.92 Å². The Bertz CT molecular complexity index is 304. The molecule has 0 fully saturated rings. The van der Waals surface area contributed by atoms with Crippen molar-refractivity contribution < 1.29 is 17.9 Å². The lowest BCUT2D eigenvalue weighted by Crippen LogP contribution is -2.41. The fourth-order valence-corrected chi connectivity index (χ4v) is 2.67. The zero-order valence-corrected chi connectivity index (χ0v) is 12.8. The van der Waals surface area contributed by atoms with Crippen LogP contribution in [0.3, 0.4) is 0 Å². The van der Waals surface area contributed by atoms with Crippen LogP contribution < -0.4 is 5.32 Å². The molecule has 0 saturated carbocycles. The van der Waals surface area contributed by atoms with Gasteiger partial charge in [0, 0.05) is 27.3 Å². The minimum atomic E-state index is -3.09. The van der Waals surface area contributed by atoms with E-state index in [2.05, 4.69) is 5.32 Å². The lowest BCUT2D eigenvalue weighted by molar-refractivity contribution is -0.119. The normalized spacial score (nSPS) is 14.4. The molecule has 0 heterocycles. The van der Waals surface area contributed by atoms with Gasteiger partial charge in [0.05, 0.1) is 12.3 Å². The summed E-state index contributed by atoms with van der Waals surface area (Å²) in [7, 11) is 0.0990. The van der Waals surface area contributed by atoms with E-state index in [-0.39, 0.29) is 12.3 Å². The standard InChI is InChI=1S/C11H26N2O4S/c1-6-13(18(5,14)15)9-7-8-12-10(2)11(16-3)17-4/h10-12H,6-9H2,1-5H3. The second kappa shape index (κ2) is 8.82. The molecule has 0 aromatic rings. The smallest absolute Gasteiger partial charge is 0.211 e. The third kappa shape index (κ3) is 6.65. The van der Waals surface area contributed by atoms with Crippen molar-refractivity contribution in [3.8, 4) is 0 Å². The second-order valence-electron chi connectivity index (χ2n) is 4.19. The minimum absolute atomic E-state index is 0.0633. The van der Waals surface area contributed by atoms with E-state index in [4.69, 9.17) is 9.47 Å². The van der Waals surface area contributed by atoms with Crippen molar-refractivity contribution in [3.05, 3.63) is 0 Å². The van der Waals surface area contributed by atoms with Crippen LogP contribution in [-0.2, 0) is 19.5 Å². The summed E-state index contributed by atoms with van der Waals surface area (Å²) in [5.41, 5.74) is 0. The number of ether oxygens (including phenoxy) is 2. The predicted molar refractivity (Wildman–Crippen MR) is 72.0 cm³/mol. The Morgan fingerprint density at radius 3 is 2.22 bits per heavy atom. The Hall–Kier alpha value is -0.210. The molecule has 6 nitrogen and oxygen atoms in total. The maximum atomic E-state index is 11.4. The molecular formula is C11H26N2O4S. The molecule has 1 unspecified atom stereocenters. The number of sulfonamides is 1. The Labute approximate surface area is 111 Å². The van der Waals surface area contributed by atoms with Gasteiger partial charge in [0.1, 0.15) is 0 Å². The van der Waals surface area contributed by atoms with E-state index in [9.17, 15) is 8.42 Å². The van der Waals surface area contributed by atoms with E-state index < -0.39 is 10.0 Å². The number of rotatable bonds is 10. The van der Waals surface area contributed by atoms with E-state index in [0.29, 0.717) is 13.1 Å². The fraction of sp³-hybridized carbons (Fsp3) is 1.00. The van der Waals surface area contributed by atoms with Crippen molar-refractivity contribution in [2.24, 2.45) is 0 Å². The van der Waals surface area contributed by atoms with Crippen LogP contribution >= 0.6 is 0 Å². The largest absolute Gasteiger partial charge is 0.354 e. The molecule has 0 aliphatic rings. The van der Waals surface area contributed by atoms with Crippen molar-refractivity contribution in [1.29, 1.82) is 0 Å². The van der Waals surface area contributed by atoms with Gasteiger partial charge in [-0.3, -0.25) is 0 Å². The zero-order chi connectivity index (χ0) is 14.2. The Morgan fingerprint density at radius 2 is 1.83 bits per heavy atom. The van der Waals surface area contributed by atoms with Crippen LogP contribution in [0.2, 0.25) is 0 Å². The highest BCUT2D eigenvalue weighted by Gasteiger charge is 2.16. The highest BCUT2D eigenvalue weighted by molar-refractivity contribution is 7.88. The number of hydrogen-bond acceptors (Lipinski definition) is 5. The first-order chi connectivity index (χ1) is 8.36. The van der Waals surface area contributed by atoms with Gasteiger partial charge in [0.25, 0.3) is 0 Å². The lowest BCUT2D eigenvalue weighted by atomic mass is 10.3. The summed E-state index contributed by atoms with van der Waals surface area (Å²) in [6.45, 7) is 5.55. The molecule has 0 radical (unpaired) electrons. The minimum Gasteiger partial charge on any atom is -0.354 e. The number of nitrogens with zero attached hydrogens (tertiary/aromatic N) is 1. The highest BCUT2D eigenvalue weighted by Crippen LogP contribution is 2.00. The summed E-state index contributed by atoms with van der Waals surface area (Å²) in [5, 5.41) is 3.24. The molecule has 0 bridgehead atoms. The maximum absolute atomic E-state index is 11.4. The van der Waals surface area contributed by atoms with Crippen LogP contribution in [0.15, 0.2) is 0 Å². The molecule has 0 amide bonds. The van der Waals surface area contributed by atoms with Crippen molar-refractivity contribution in [2.45, 2.75) is 32.6 Å². The molecule has 110 valence electrons. The molecular weight excluding hydrogens is 256 g/mol. The van der Waals surface area contributed by atoms with Crippen LogP contribution in [0.4, 0.5) is 0 Å². The van der Waals surface area contributed by atoms with E-state index in [0.717, 1.165) is 13.0 Å². The quantitative estimate of drug-likeness (QED) is 0.460. The van der Waals surface area contributed by atoms with Gasteiger partial charge in [-0.05, 0) is 19.9 Å². The van der Waals surface area contributed by atoms with Gasteiger partial charge in [-0.2, -0.15) is 0 Å². The molecule has 7 heteroatoms. The summed E-state index contributed by atoms with van der Waals surface area (Å²) >= 11 is 0. The first-order valence-electron chi connectivity index (χ1n) is 6.10. The number of methoxy groups -OCH3 is 2. The maximum Gasteiger partial charge on any atom is 0.211 e. The van der Waals surface area contributed by atoms with Crippen LogP contribution in [0.25, 0.3) is 0 Å². The molecule has 0 aliphatic heterocycles. The number of hydrogen-bond donors (Lipinski definition) is 1. The van der Waals surface area contributed by atoms with Gasteiger partial charge in [0.2, 0.25) is 10.0 Å². The second-order valence-corrected chi connectivity index (χ2v) is 6.17. The van der Waals surface area contributed by atoms with E-state index in [1.165, 1.54) is 10.6 Å². The molecule has 0 aromatic carbocycles. The molecule has 18 heavy (non-hydrogen) atoms. The first-order valence-corrected chi connectivity index (χ1v) is 7.95. The van der Waals surface area contributed by atoms with Gasteiger partial charge in [-0.15, -0.1) is 0 Å². The molecule has 1 N–H and O–H groups in total. The summed E-state index contributed by atoms with van der Waals surface area (Å²) in [5.74, 6) is 0. The van der Waals surface area contributed by atoms with Gasteiger partial charge >= 0.3 is 0 Å². The number of nitrogens with one attached hydrogen (secondary N) is 1. The molecule has 0 aliphatic carbocycles. The van der Waals surface area contributed by atoms with Crippen LogP contribution in [0, 0.1) is 0 Å². The average molecular weight is 282 g/mol. The van der Waals surface area contributed by atoms with Gasteiger partial charge in [-0.25, -0.2) is 12.7 Å². The van der Waals surface area contributed by atoms with Crippen molar-refractivity contribution in [2.75, 3.05) is 40.1 Å². The Morgan fingerprint density at radius 1 is 1.28 bits per heavy atom. The van der Waals surface area contributed by atoms with E-state index in [1.807, 2.05) is 13.8 Å². The average Bonchev–Trinajstić information content (AvgIpc) is 2.28. The third-order valence-corrected chi connectivity index (χ3v) is 4.12. The van der Waals surface area contributed by atoms with E-state index in [1.54, 1.807) is 14.2 Å². The van der Waals surface area contributed by atoms with Crippen LogP contribution in [-0.4, -0.2) is 65.2 Å². The zero-order valence-electron chi connectivity index (χ0n) is 12.0. The molecule has 0 saturated heterocycles. The van der Waals surface area contributed by atoms with Gasteiger partial charge < -0.3 is 14.8 Å². The monoisotopic (exact) mass is 282 g/mol. The molecule has 0 rings (SSSR count). The van der Waals surface area contributed by atoms with Crippen molar-refractivity contribution >= 4 is 10.0 Å².